The SMILES string of the molecule is C/C=C\CCc1ccc(C)cc1. The van der Waals surface area contributed by atoms with Crippen LogP contribution in [0.15, 0.2) is 36.4 Å². The van der Waals surface area contributed by atoms with Crippen LogP contribution in [0.2, 0.25) is 0 Å². The molecule has 0 aliphatic carbocycles. The van der Waals surface area contributed by atoms with Gasteiger partial charge >= 0.3 is 0 Å². The highest BCUT2D eigenvalue weighted by molar-refractivity contribution is 5.21. The number of hydrogen-bond donors (Lipinski definition) is 0. The van der Waals surface area contributed by atoms with E-state index in [0.717, 1.165) is 12.8 Å². The molecule has 0 saturated carbocycles. The van der Waals surface area contributed by atoms with Crippen molar-refractivity contribution in [3.8, 4) is 0 Å². The van der Waals surface area contributed by atoms with E-state index in [1.807, 2.05) is 0 Å². The van der Waals surface area contributed by atoms with Crippen molar-refractivity contribution in [2.24, 2.45) is 0 Å². The lowest BCUT2D eigenvalue weighted by atomic mass is 10.1. The Labute approximate surface area is 74.9 Å². The maximum atomic E-state index is 2.21. The Kier molecular flexibility index (Phi) is 3.59. The summed E-state index contributed by atoms with van der Waals surface area (Å²) >= 11 is 0. The summed E-state index contributed by atoms with van der Waals surface area (Å²) in [6.07, 6.45) is 6.62. The van der Waals surface area contributed by atoms with Gasteiger partial charge in [0.05, 0.1) is 0 Å². The second-order valence-corrected chi connectivity index (χ2v) is 3.09. The van der Waals surface area contributed by atoms with Gasteiger partial charge in [-0.3, -0.25) is 0 Å². The molecule has 0 aliphatic rings. The number of aryl methyl sites for hydroxylation is 2. The van der Waals surface area contributed by atoms with Gasteiger partial charge in [-0.15, -0.1) is 0 Å². The Morgan fingerprint density at radius 3 is 2.42 bits per heavy atom. The van der Waals surface area contributed by atoms with E-state index in [2.05, 4.69) is 50.3 Å². The molecule has 0 nitrogen and oxygen atoms in total. The van der Waals surface area contributed by atoms with Crippen molar-refractivity contribution < 1.29 is 0 Å². The van der Waals surface area contributed by atoms with E-state index >= 15 is 0 Å². The van der Waals surface area contributed by atoms with Gasteiger partial charge in [0.15, 0.2) is 0 Å². The Morgan fingerprint density at radius 1 is 1.17 bits per heavy atom. The summed E-state index contributed by atoms with van der Waals surface area (Å²) in [6, 6.07) is 8.76. The predicted octanol–water partition coefficient (Wildman–Crippen LogP) is 3.50. The van der Waals surface area contributed by atoms with Crippen LogP contribution in [-0.2, 0) is 6.42 Å². The van der Waals surface area contributed by atoms with Crippen molar-refractivity contribution >= 4 is 0 Å². The zero-order valence-electron chi connectivity index (χ0n) is 7.88. The molecule has 1 aromatic carbocycles. The zero-order valence-corrected chi connectivity index (χ0v) is 7.88. The van der Waals surface area contributed by atoms with Crippen LogP contribution in [0.1, 0.15) is 24.5 Å². The first-order valence-electron chi connectivity index (χ1n) is 4.49. The van der Waals surface area contributed by atoms with Crippen LogP contribution >= 0.6 is 0 Å². The van der Waals surface area contributed by atoms with Gasteiger partial charge in [-0.05, 0) is 32.3 Å². The molecule has 1 aromatic rings. The average Bonchev–Trinajstić information content (AvgIpc) is 2.09. The summed E-state index contributed by atoms with van der Waals surface area (Å²) in [4.78, 5) is 0. The lowest BCUT2D eigenvalue weighted by Gasteiger charge is -1.98. The van der Waals surface area contributed by atoms with E-state index in [-0.39, 0.29) is 0 Å². The number of allylic oxidation sites excluding steroid dienone is 2. The van der Waals surface area contributed by atoms with Gasteiger partial charge in [0.1, 0.15) is 0 Å². The molecule has 0 radical (unpaired) electrons. The quantitative estimate of drug-likeness (QED) is 0.594. The normalized spacial score (nSPS) is 10.8. The fourth-order valence-corrected chi connectivity index (χ4v) is 1.17. The van der Waals surface area contributed by atoms with E-state index in [9.17, 15) is 0 Å². The molecule has 0 N–H and O–H groups in total. The van der Waals surface area contributed by atoms with Crippen LogP contribution < -0.4 is 0 Å². The molecule has 0 aliphatic heterocycles. The largest absolute Gasteiger partial charge is 0.0917 e. The molecule has 64 valence electrons. The highest BCUT2D eigenvalue weighted by Gasteiger charge is 1.89. The Balaban J connectivity index is 2.47. The molecule has 0 fully saturated rings. The van der Waals surface area contributed by atoms with E-state index in [1.165, 1.54) is 11.1 Å². The second-order valence-electron chi connectivity index (χ2n) is 3.09. The maximum Gasteiger partial charge on any atom is -0.0244 e. The lowest BCUT2D eigenvalue weighted by molar-refractivity contribution is 0.998. The first kappa shape index (κ1) is 9.05. The van der Waals surface area contributed by atoms with Crippen LogP contribution in [0.3, 0.4) is 0 Å². The van der Waals surface area contributed by atoms with Gasteiger partial charge in [0, 0.05) is 0 Å². The third-order valence-electron chi connectivity index (χ3n) is 1.96. The molecule has 1 rings (SSSR count). The summed E-state index contributed by atoms with van der Waals surface area (Å²) in [6.45, 7) is 4.19. The molecule has 0 amide bonds. The van der Waals surface area contributed by atoms with Crippen LogP contribution in [0.4, 0.5) is 0 Å². The minimum absolute atomic E-state index is 1.15. The van der Waals surface area contributed by atoms with Crippen molar-refractivity contribution in [1.82, 2.24) is 0 Å². The highest BCUT2D eigenvalue weighted by atomic mass is 13.9. The summed E-state index contributed by atoms with van der Waals surface area (Å²) in [5.74, 6) is 0. The highest BCUT2D eigenvalue weighted by Crippen LogP contribution is 2.05. The Hall–Kier alpha value is -1.04. The fourth-order valence-electron chi connectivity index (χ4n) is 1.17. The third-order valence-corrected chi connectivity index (χ3v) is 1.96. The second kappa shape index (κ2) is 4.76. The number of benzene rings is 1. The van der Waals surface area contributed by atoms with Gasteiger partial charge in [-0.1, -0.05) is 42.0 Å². The molecule has 0 saturated heterocycles. The Morgan fingerprint density at radius 2 is 1.83 bits per heavy atom. The molecule has 12 heavy (non-hydrogen) atoms. The summed E-state index contributed by atoms with van der Waals surface area (Å²) in [5.41, 5.74) is 2.77. The maximum absolute atomic E-state index is 2.21. The number of rotatable bonds is 3. The Bertz CT molecular complexity index is 241. The predicted molar refractivity (Wildman–Crippen MR) is 54.3 cm³/mol. The molecule has 0 heterocycles. The van der Waals surface area contributed by atoms with E-state index < -0.39 is 0 Å². The van der Waals surface area contributed by atoms with Crippen molar-refractivity contribution in [1.29, 1.82) is 0 Å². The zero-order chi connectivity index (χ0) is 8.81. The molecule has 0 spiro atoms. The van der Waals surface area contributed by atoms with Gasteiger partial charge in [-0.25, -0.2) is 0 Å². The first-order chi connectivity index (χ1) is 5.83. The molecule has 0 atom stereocenters. The van der Waals surface area contributed by atoms with Gasteiger partial charge in [0.2, 0.25) is 0 Å². The standard InChI is InChI=1S/C12H16/c1-3-4-5-6-12-9-7-11(2)8-10-12/h3-4,7-10H,5-6H2,1-2H3/b4-3-. The molecular formula is C12H16. The monoisotopic (exact) mass is 160 g/mol. The van der Waals surface area contributed by atoms with Crippen LogP contribution in [-0.4, -0.2) is 0 Å². The first-order valence-corrected chi connectivity index (χ1v) is 4.49. The van der Waals surface area contributed by atoms with Gasteiger partial charge in [0.25, 0.3) is 0 Å². The summed E-state index contributed by atoms with van der Waals surface area (Å²) < 4.78 is 0. The molecule has 0 heteroatoms. The van der Waals surface area contributed by atoms with Crippen molar-refractivity contribution in [3.05, 3.63) is 47.5 Å². The average molecular weight is 160 g/mol. The van der Waals surface area contributed by atoms with Crippen molar-refractivity contribution in [3.63, 3.8) is 0 Å². The minimum atomic E-state index is 1.15. The number of hydrogen-bond acceptors (Lipinski definition) is 0. The van der Waals surface area contributed by atoms with Crippen LogP contribution in [0, 0.1) is 6.92 Å². The minimum Gasteiger partial charge on any atom is -0.0917 e. The molecular weight excluding hydrogens is 144 g/mol. The van der Waals surface area contributed by atoms with E-state index in [0.29, 0.717) is 0 Å². The van der Waals surface area contributed by atoms with Gasteiger partial charge in [-0.2, -0.15) is 0 Å². The smallest absolute Gasteiger partial charge is 0.0244 e. The van der Waals surface area contributed by atoms with Crippen LogP contribution in [0.5, 0.6) is 0 Å². The van der Waals surface area contributed by atoms with Crippen molar-refractivity contribution in [2.45, 2.75) is 26.7 Å². The topological polar surface area (TPSA) is 0 Å². The summed E-state index contributed by atoms with van der Waals surface area (Å²) in [7, 11) is 0. The van der Waals surface area contributed by atoms with Gasteiger partial charge < -0.3 is 0 Å². The molecule has 0 unspecified atom stereocenters. The van der Waals surface area contributed by atoms with Crippen molar-refractivity contribution in [2.75, 3.05) is 0 Å². The summed E-state index contributed by atoms with van der Waals surface area (Å²) in [5, 5.41) is 0. The third kappa shape index (κ3) is 2.91. The molecule has 0 aromatic heterocycles. The van der Waals surface area contributed by atoms with Crippen LogP contribution in [0.25, 0.3) is 0 Å². The fraction of sp³-hybridized carbons (Fsp3) is 0.333. The van der Waals surface area contributed by atoms with E-state index in [4.69, 9.17) is 0 Å². The van der Waals surface area contributed by atoms with E-state index in [1.54, 1.807) is 0 Å². The molecule has 0 bridgehead atoms. The lowest BCUT2D eigenvalue weighted by Crippen LogP contribution is -1.82.